The number of nitrogens with zero attached hydrogens (tertiary/aromatic N) is 3. The Labute approximate surface area is 188 Å². The Morgan fingerprint density at radius 2 is 1.77 bits per heavy atom. The summed E-state index contributed by atoms with van der Waals surface area (Å²) in [5.74, 6) is 0.634. The first kappa shape index (κ1) is 22.0. The van der Waals surface area contributed by atoms with Crippen LogP contribution in [0.15, 0.2) is 42.7 Å². The Balaban J connectivity index is 1.19. The van der Waals surface area contributed by atoms with Gasteiger partial charge in [0.15, 0.2) is 0 Å². The third-order valence-corrected chi connectivity index (χ3v) is 6.77. The third kappa shape index (κ3) is 5.74. The van der Waals surface area contributed by atoms with Crippen LogP contribution in [0.2, 0.25) is 5.02 Å². The number of piperidine rings is 2. The van der Waals surface area contributed by atoms with Crippen LogP contribution in [0, 0.1) is 5.82 Å². The van der Waals surface area contributed by atoms with Crippen molar-refractivity contribution >= 4 is 17.5 Å². The van der Waals surface area contributed by atoms with E-state index in [1.54, 1.807) is 24.5 Å². The minimum absolute atomic E-state index is 0.0854. The minimum Gasteiger partial charge on any atom is -0.490 e. The lowest BCUT2D eigenvalue weighted by atomic mass is 9.98. The van der Waals surface area contributed by atoms with Crippen molar-refractivity contribution in [3.8, 4) is 5.75 Å². The van der Waals surface area contributed by atoms with Gasteiger partial charge in [0.25, 0.3) is 0 Å². The number of benzene rings is 1. The second-order valence-corrected chi connectivity index (χ2v) is 8.76. The van der Waals surface area contributed by atoms with Gasteiger partial charge in [-0.2, -0.15) is 0 Å². The minimum atomic E-state index is -0.338. The molecule has 1 aromatic heterocycles. The average Bonchev–Trinajstić information content (AvgIpc) is 2.80. The number of halogens is 2. The molecular formula is C24H29ClFN3O2. The Morgan fingerprint density at radius 3 is 2.45 bits per heavy atom. The van der Waals surface area contributed by atoms with Crippen LogP contribution in [-0.4, -0.2) is 59.0 Å². The average molecular weight is 446 g/mol. The summed E-state index contributed by atoms with van der Waals surface area (Å²) >= 11 is 6.08. The maximum atomic E-state index is 13.9. The first-order valence-corrected chi connectivity index (χ1v) is 11.5. The lowest BCUT2D eigenvalue weighted by Crippen LogP contribution is -2.50. The monoisotopic (exact) mass is 445 g/mol. The van der Waals surface area contributed by atoms with Crippen LogP contribution >= 0.6 is 11.6 Å². The molecule has 2 aromatic rings. The molecule has 0 saturated carbocycles. The van der Waals surface area contributed by atoms with Crippen LogP contribution in [0.5, 0.6) is 5.75 Å². The van der Waals surface area contributed by atoms with Gasteiger partial charge >= 0.3 is 0 Å². The Hall–Kier alpha value is -2.18. The zero-order valence-corrected chi connectivity index (χ0v) is 18.4. The van der Waals surface area contributed by atoms with Gasteiger partial charge in [-0.25, -0.2) is 4.39 Å². The smallest absolute Gasteiger partial charge is 0.222 e. The molecular weight excluding hydrogens is 417 g/mol. The Bertz CT molecular complexity index is 846. The van der Waals surface area contributed by atoms with Gasteiger partial charge in [0.2, 0.25) is 5.91 Å². The molecule has 0 atom stereocenters. The van der Waals surface area contributed by atoms with Crippen molar-refractivity contribution in [2.45, 2.75) is 50.7 Å². The molecule has 2 saturated heterocycles. The second-order valence-electron chi connectivity index (χ2n) is 8.35. The van der Waals surface area contributed by atoms with Crippen molar-refractivity contribution in [1.82, 2.24) is 14.8 Å². The molecule has 166 valence electrons. The first-order chi connectivity index (χ1) is 15.1. The molecule has 4 rings (SSSR count). The van der Waals surface area contributed by atoms with Gasteiger partial charge in [-0.1, -0.05) is 17.7 Å². The maximum absolute atomic E-state index is 13.9. The molecule has 2 fully saturated rings. The summed E-state index contributed by atoms with van der Waals surface area (Å²) in [6.45, 7) is 3.59. The number of pyridine rings is 1. The molecule has 0 radical (unpaired) electrons. The number of hydrogen-bond donors (Lipinski definition) is 0. The zero-order chi connectivity index (χ0) is 21.6. The number of ether oxygens (including phenoxy) is 1. The second kappa shape index (κ2) is 10.4. The highest BCUT2D eigenvalue weighted by Gasteiger charge is 2.30. The predicted octanol–water partition coefficient (Wildman–Crippen LogP) is 4.34. The third-order valence-electron chi connectivity index (χ3n) is 6.41. The summed E-state index contributed by atoms with van der Waals surface area (Å²) < 4.78 is 20.0. The van der Waals surface area contributed by atoms with Crippen LogP contribution in [-0.2, 0) is 11.2 Å². The molecule has 3 heterocycles. The van der Waals surface area contributed by atoms with Crippen LogP contribution < -0.4 is 4.74 Å². The number of amides is 1. The van der Waals surface area contributed by atoms with Crippen molar-refractivity contribution in [2.24, 2.45) is 0 Å². The van der Waals surface area contributed by atoms with E-state index in [-0.39, 0.29) is 17.8 Å². The number of carbonyl (C=O) groups is 1. The van der Waals surface area contributed by atoms with Crippen LogP contribution in [0.1, 0.15) is 37.7 Å². The van der Waals surface area contributed by atoms with E-state index < -0.39 is 0 Å². The largest absolute Gasteiger partial charge is 0.490 e. The Morgan fingerprint density at radius 1 is 1.06 bits per heavy atom. The lowest BCUT2D eigenvalue weighted by Gasteiger charge is -2.41. The van der Waals surface area contributed by atoms with Crippen molar-refractivity contribution in [3.63, 3.8) is 0 Å². The summed E-state index contributed by atoms with van der Waals surface area (Å²) in [4.78, 5) is 21.1. The first-order valence-electron chi connectivity index (χ1n) is 11.1. The van der Waals surface area contributed by atoms with Gasteiger partial charge < -0.3 is 9.64 Å². The lowest BCUT2D eigenvalue weighted by molar-refractivity contribution is -0.132. The summed E-state index contributed by atoms with van der Waals surface area (Å²) in [6, 6.07) is 8.97. The van der Waals surface area contributed by atoms with Crippen LogP contribution in [0.4, 0.5) is 4.39 Å². The zero-order valence-electron chi connectivity index (χ0n) is 17.7. The number of rotatable bonds is 6. The summed E-state index contributed by atoms with van der Waals surface area (Å²) in [5, 5.41) is 0.392. The molecule has 0 N–H and O–H groups in total. The van der Waals surface area contributed by atoms with E-state index >= 15 is 0 Å². The fraction of sp³-hybridized carbons (Fsp3) is 0.500. The highest BCUT2D eigenvalue weighted by Crippen LogP contribution is 2.25. The molecule has 0 bridgehead atoms. The molecule has 0 aliphatic carbocycles. The Kier molecular flexibility index (Phi) is 7.41. The number of carbonyl (C=O) groups excluding carboxylic acids is 1. The molecule has 5 nitrogen and oxygen atoms in total. The van der Waals surface area contributed by atoms with Gasteiger partial charge in [-0.3, -0.25) is 14.7 Å². The topological polar surface area (TPSA) is 45.7 Å². The molecule has 0 spiro atoms. The van der Waals surface area contributed by atoms with Gasteiger partial charge in [-0.05, 0) is 56.4 Å². The molecule has 31 heavy (non-hydrogen) atoms. The molecule has 2 aliphatic rings. The van der Waals surface area contributed by atoms with Gasteiger partial charge in [-0.15, -0.1) is 0 Å². The summed E-state index contributed by atoms with van der Waals surface area (Å²) in [5.41, 5.74) is 0.434. The van der Waals surface area contributed by atoms with E-state index in [0.29, 0.717) is 29.5 Å². The van der Waals surface area contributed by atoms with E-state index in [2.05, 4.69) is 9.88 Å². The normalized spacial score (nSPS) is 18.8. The van der Waals surface area contributed by atoms with E-state index in [1.807, 2.05) is 17.0 Å². The van der Waals surface area contributed by atoms with E-state index in [9.17, 15) is 9.18 Å². The standard InChI is InChI=1S/C24H29ClFN3O2/c25-22-2-1-3-23(26)21(22)4-5-24(30)29-14-8-18(9-15-29)28-16-10-20(11-17-28)31-19-6-12-27-13-7-19/h1-3,6-7,12-13,18,20H,4-5,8-11,14-17H2. The fourth-order valence-electron chi connectivity index (χ4n) is 4.61. The van der Waals surface area contributed by atoms with Crippen molar-refractivity contribution in [3.05, 3.63) is 59.1 Å². The molecule has 2 aliphatic heterocycles. The molecule has 1 amide bonds. The molecule has 1 aromatic carbocycles. The van der Waals surface area contributed by atoms with E-state index in [1.165, 1.54) is 6.07 Å². The van der Waals surface area contributed by atoms with Crippen molar-refractivity contribution in [1.29, 1.82) is 0 Å². The number of hydrogen-bond acceptors (Lipinski definition) is 4. The van der Waals surface area contributed by atoms with E-state index in [4.69, 9.17) is 16.3 Å². The van der Waals surface area contributed by atoms with E-state index in [0.717, 1.165) is 57.6 Å². The predicted molar refractivity (Wildman–Crippen MR) is 119 cm³/mol. The van der Waals surface area contributed by atoms with Gasteiger partial charge in [0, 0.05) is 61.6 Å². The quantitative estimate of drug-likeness (QED) is 0.663. The highest BCUT2D eigenvalue weighted by atomic mass is 35.5. The SMILES string of the molecule is O=C(CCc1c(F)cccc1Cl)N1CCC(N2CCC(Oc3ccncc3)CC2)CC1. The maximum Gasteiger partial charge on any atom is 0.222 e. The summed E-state index contributed by atoms with van der Waals surface area (Å²) in [6.07, 6.45) is 8.41. The number of aromatic nitrogens is 1. The summed E-state index contributed by atoms with van der Waals surface area (Å²) in [7, 11) is 0. The number of likely N-dealkylation sites (tertiary alicyclic amines) is 2. The van der Waals surface area contributed by atoms with Gasteiger partial charge in [0.1, 0.15) is 17.7 Å². The molecule has 7 heteroatoms. The van der Waals surface area contributed by atoms with Crippen LogP contribution in [0.3, 0.4) is 0 Å². The highest BCUT2D eigenvalue weighted by molar-refractivity contribution is 6.31. The van der Waals surface area contributed by atoms with Gasteiger partial charge in [0.05, 0.1) is 0 Å². The fourth-order valence-corrected chi connectivity index (χ4v) is 4.87. The van der Waals surface area contributed by atoms with Crippen molar-refractivity contribution in [2.75, 3.05) is 26.2 Å². The van der Waals surface area contributed by atoms with Crippen LogP contribution in [0.25, 0.3) is 0 Å². The molecule has 0 unspecified atom stereocenters. The van der Waals surface area contributed by atoms with Crippen molar-refractivity contribution < 1.29 is 13.9 Å².